The molecule has 1 fully saturated rings. The SMILES string of the molecule is CCC(C(=O)N1CCCNCC1)c1cccc(C(F)(F)F)c1.Cl. The number of nitrogens with one attached hydrogen (secondary N) is 1. The molecule has 1 aromatic rings. The van der Waals surface area contributed by atoms with Gasteiger partial charge in [-0.25, -0.2) is 0 Å². The zero-order valence-electron chi connectivity index (χ0n) is 13.0. The molecular formula is C16H22ClF3N2O. The van der Waals surface area contributed by atoms with Gasteiger partial charge in [-0.05, 0) is 31.0 Å². The third-order valence-corrected chi connectivity index (χ3v) is 3.97. The summed E-state index contributed by atoms with van der Waals surface area (Å²) >= 11 is 0. The van der Waals surface area contributed by atoms with Gasteiger partial charge in [0.1, 0.15) is 0 Å². The van der Waals surface area contributed by atoms with Crippen LogP contribution in [0.3, 0.4) is 0 Å². The zero-order valence-corrected chi connectivity index (χ0v) is 13.8. The molecule has 1 aromatic carbocycles. The second-order valence-electron chi connectivity index (χ2n) is 5.51. The lowest BCUT2D eigenvalue weighted by Crippen LogP contribution is -2.37. The second kappa shape index (κ2) is 8.55. The Balaban J connectivity index is 0.00000264. The van der Waals surface area contributed by atoms with E-state index in [0.717, 1.165) is 31.6 Å². The highest BCUT2D eigenvalue weighted by molar-refractivity contribution is 5.85. The molecule has 1 saturated heterocycles. The van der Waals surface area contributed by atoms with E-state index in [1.165, 1.54) is 6.07 Å². The molecule has 0 spiro atoms. The maximum Gasteiger partial charge on any atom is 0.416 e. The molecule has 1 N–H and O–H groups in total. The van der Waals surface area contributed by atoms with Crippen molar-refractivity contribution in [1.82, 2.24) is 10.2 Å². The van der Waals surface area contributed by atoms with Crippen molar-refractivity contribution in [2.24, 2.45) is 0 Å². The summed E-state index contributed by atoms with van der Waals surface area (Å²) in [6.07, 6.45) is -3.03. The van der Waals surface area contributed by atoms with Gasteiger partial charge in [0.05, 0.1) is 11.5 Å². The fourth-order valence-corrected chi connectivity index (χ4v) is 2.77. The number of carbonyl (C=O) groups excluding carboxylic acids is 1. The van der Waals surface area contributed by atoms with Crippen LogP contribution in [0.1, 0.15) is 36.8 Å². The quantitative estimate of drug-likeness (QED) is 0.905. The van der Waals surface area contributed by atoms with Crippen molar-refractivity contribution in [2.45, 2.75) is 31.9 Å². The molecule has 3 nitrogen and oxygen atoms in total. The Kier molecular flexibility index (Phi) is 7.35. The van der Waals surface area contributed by atoms with Gasteiger partial charge in [-0.3, -0.25) is 4.79 Å². The first kappa shape index (κ1) is 19.8. The van der Waals surface area contributed by atoms with Crippen LogP contribution in [0.4, 0.5) is 13.2 Å². The topological polar surface area (TPSA) is 32.3 Å². The summed E-state index contributed by atoms with van der Waals surface area (Å²) in [6.45, 7) is 4.68. The predicted octanol–water partition coefficient (Wildman–Crippen LogP) is 3.44. The van der Waals surface area contributed by atoms with Gasteiger partial charge in [-0.2, -0.15) is 13.2 Å². The first-order valence-corrected chi connectivity index (χ1v) is 7.60. The number of benzene rings is 1. The minimum atomic E-state index is -4.39. The van der Waals surface area contributed by atoms with Gasteiger partial charge >= 0.3 is 6.18 Å². The lowest BCUT2D eigenvalue weighted by molar-refractivity contribution is -0.138. The highest BCUT2D eigenvalue weighted by atomic mass is 35.5. The Bertz CT molecular complexity index is 514. The number of hydrogen-bond acceptors (Lipinski definition) is 2. The predicted molar refractivity (Wildman–Crippen MR) is 85.8 cm³/mol. The lowest BCUT2D eigenvalue weighted by atomic mass is 9.93. The monoisotopic (exact) mass is 350 g/mol. The van der Waals surface area contributed by atoms with Crippen molar-refractivity contribution < 1.29 is 18.0 Å². The van der Waals surface area contributed by atoms with Crippen LogP contribution in [-0.4, -0.2) is 37.0 Å². The molecule has 1 unspecified atom stereocenters. The number of rotatable bonds is 3. The molecular weight excluding hydrogens is 329 g/mol. The first-order chi connectivity index (χ1) is 10.4. The van der Waals surface area contributed by atoms with Gasteiger partial charge in [0.2, 0.25) is 5.91 Å². The summed E-state index contributed by atoms with van der Waals surface area (Å²) in [4.78, 5) is 14.4. The number of carbonyl (C=O) groups is 1. The van der Waals surface area contributed by atoms with E-state index in [9.17, 15) is 18.0 Å². The van der Waals surface area contributed by atoms with Crippen molar-refractivity contribution in [3.05, 3.63) is 35.4 Å². The minimum absolute atomic E-state index is 0. The average molecular weight is 351 g/mol. The van der Waals surface area contributed by atoms with Crippen LogP contribution in [0.5, 0.6) is 0 Å². The van der Waals surface area contributed by atoms with Crippen LogP contribution >= 0.6 is 12.4 Å². The minimum Gasteiger partial charge on any atom is -0.341 e. The standard InChI is InChI=1S/C16H21F3N2O.ClH/c1-2-14(15(22)21-9-4-7-20-8-10-21)12-5-3-6-13(11-12)16(17,18)19;/h3,5-6,11,14,20H,2,4,7-10H2,1H3;1H. The molecule has 1 aliphatic heterocycles. The van der Waals surface area contributed by atoms with E-state index in [1.54, 1.807) is 11.0 Å². The molecule has 1 heterocycles. The van der Waals surface area contributed by atoms with Crippen molar-refractivity contribution >= 4 is 18.3 Å². The summed E-state index contributed by atoms with van der Waals surface area (Å²) in [7, 11) is 0. The molecule has 1 aliphatic rings. The third kappa shape index (κ3) is 5.11. The van der Waals surface area contributed by atoms with Crippen LogP contribution in [0.25, 0.3) is 0 Å². The second-order valence-corrected chi connectivity index (χ2v) is 5.51. The van der Waals surface area contributed by atoms with E-state index in [-0.39, 0.29) is 18.3 Å². The smallest absolute Gasteiger partial charge is 0.341 e. The van der Waals surface area contributed by atoms with Crippen LogP contribution in [0, 0.1) is 0 Å². The number of hydrogen-bond donors (Lipinski definition) is 1. The van der Waals surface area contributed by atoms with E-state index >= 15 is 0 Å². The Morgan fingerprint density at radius 1 is 1.30 bits per heavy atom. The normalized spacial score (nSPS) is 17.1. The van der Waals surface area contributed by atoms with Crippen LogP contribution < -0.4 is 5.32 Å². The zero-order chi connectivity index (χ0) is 16.2. The van der Waals surface area contributed by atoms with Gasteiger partial charge < -0.3 is 10.2 Å². The Hall–Kier alpha value is -1.27. The molecule has 0 bridgehead atoms. The summed E-state index contributed by atoms with van der Waals surface area (Å²) in [5, 5.41) is 3.22. The van der Waals surface area contributed by atoms with E-state index in [0.29, 0.717) is 25.1 Å². The van der Waals surface area contributed by atoms with Crippen molar-refractivity contribution in [2.75, 3.05) is 26.2 Å². The van der Waals surface area contributed by atoms with E-state index in [2.05, 4.69) is 5.32 Å². The molecule has 0 radical (unpaired) electrons. The molecule has 0 aromatic heterocycles. The molecule has 1 atom stereocenters. The van der Waals surface area contributed by atoms with E-state index in [4.69, 9.17) is 0 Å². The molecule has 0 aliphatic carbocycles. The molecule has 130 valence electrons. The third-order valence-electron chi connectivity index (χ3n) is 3.97. The number of halogens is 4. The molecule has 0 saturated carbocycles. The fourth-order valence-electron chi connectivity index (χ4n) is 2.77. The average Bonchev–Trinajstić information content (AvgIpc) is 2.76. The Morgan fingerprint density at radius 2 is 2.04 bits per heavy atom. The Labute approximate surface area is 140 Å². The maximum absolute atomic E-state index is 12.8. The van der Waals surface area contributed by atoms with Gasteiger partial charge in [0.25, 0.3) is 0 Å². The van der Waals surface area contributed by atoms with Crippen LogP contribution in [0.2, 0.25) is 0 Å². The highest BCUT2D eigenvalue weighted by Crippen LogP contribution is 2.32. The van der Waals surface area contributed by atoms with Gasteiger partial charge in [-0.15, -0.1) is 12.4 Å². The largest absolute Gasteiger partial charge is 0.416 e. The van der Waals surface area contributed by atoms with Crippen molar-refractivity contribution in [3.63, 3.8) is 0 Å². The van der Waals surface area contributed by atoms with Crippen molar-refractivity contribution in [3.8, 4) is 0 Å². The van der Waals surface area contributed by atoms with Crippen LogP contribution in [0.15, 0.2) is 24.3 Å². The van der Waals surface area contributed by atoms with E-state index in [1.807, 2.05) is 6.92 Å². The van der Waals surface area contributed by atoms with E-state index < -0.39 is 17.7 Å². The molecule has 1 amide bonds. The van der Waals surface area contributed by atoms with Crippen LogP contribution in [-0.2, 0) is 11.0 Å². The van der Waals surface area contributed by atoms with Crippen molar-refractivity contribution in [1.29, 1.82) is 0 Å². The molecule has 2 rings (SSSR count). The highest BCUT2D eigenvalue weighted by Gasteiger charge is 2.32. The first-order valence-electron chi connectivity index (χ1n) is 7.60. The lowest BCUT2D eigenvalue weighted by Gasteiger charge is -2.26. The number of nitrogens with zero attached hydrogens (tertiary/aromatic N) is 1. The summed E-state index contributed by atoms with van der Waals surface area (Å²) in [6, 6.07) is 5.12. The summed E-state index contributed by atoms with van der Waals surface area (Å²) < 4.78 is 38.5. The van der Waals surface area contributed by atoms with Gasteiger partial charge in [0, 0.05) is 19.6 Å². The fraction of sp³-hybridized carbons (Fsp3) is 0.562. The number of alkyl halides is 3. The molecule has 23 heavy (non-hydrogen) atoms. The number of amides is 1. The summed E-state index contributed by atoms with van der Waals surface area (Å²) in [5.41, 5.74) is -0.256. The van der Waals surface area contributed by atoms with Gasteiger partial charge in [0.15, 0.2) is 0 Å². The molecule has 7 heteroatoms. The Morgan fingerprint density at radius 3 is 2.70 bits per heavy atom. The van der Waals surface area contributed by atoms with Gasteiger partial charge in [-0.1, -0.05) is 25.1 Å². The maximum atomic E-state index is 12.8. The summed E-state index contributed by atoms with van der Waals surface area (Å²) in [5.74, 6) is -0.592.